The van der Waals surface area contributed by atoms with Crippen LogP contribution in [0.25, 0.3) is 0 Å². The van der Waals surface area contributed by atoms with E-state index in [2.05, 4.69) is 38.1 Å². The van der Waals surface area contributed by atoms with Crippen molar-refractivity contribution in [2.24, 2.45) is 0 Å². The minimum absolute atomic E-state index is 0.102. The predicted molar refractivity (Wildman–Crippen MR) is 73.6 cm³/mol. The third-order valence-corrected chi connectivity index (χ3v) is 3.78. The van der Waals surface area contributed by atoms with Crippen LogP contribution in [-0.2, 0) is 11.3 Å². The highest BCUT2D eigenvalue weighted by atomic mass is 16.5. The van der Waals surface area contributed by atoms with Crippen LogP contribution in [0.3, 0.4) is 0 Å². The first-order valence-corrected chi connectivity index (χ1v) is 7.03. The van der Waals surface area contributed by atoms with Gasteiger partial charge in [0.15, 0.2) is 0 Å². The summed E-state index contributed by atoms with van der Waals surface area (Å²) in [6, 6.07) is 8.70. The number of aliphatic hydroxyl groups is 1. The lowest BCUT2D eigenvalue weighted by atomic mass is 9.95. The number of rotatable bonds is 4. The Morgan fingerprint density at radius 2 is 1.72 bits per heavy atom. The molecule has 0 amide bonds. The Balaban J connectivity index is 1.79. The highest BCUT2D eigenvalue weighted by Crippen LogP contribution is 2.22. The number of ether oxygens (including phenoxy) is 1. The molecule has 18 heavy (non-hydrogen) atoms. The van der Waals surface area contributed by atoms with Gasteiger partial charge in [-0.3, -0.25) is 0 Å². The third kappa shape index (κ3) is 3.82. The molecule has 100 valence electrons. The highest BCUT2D eigenvalue weighted by molar-refractivity contribution is 5.24. The molecule has 0 aliphatic heterocycles. The van der Waals surface area contributed by atoms with Gasteiger partial charge in [0.1, 0.15) is 0 Å². The van der Waals surface area contributed by atoms with Crippen molar-refractivity contribution in [3.8, 4) is 0 Å². The molecule has 1 aliphatic carbocycles. The van der Waals surface area contributed by atoms with Gasteiger partial charge in [0.25, 0.3) is 0 Å². The molecule has 1 saturated carbocycles. The van der Waals surface area contributed by atoms with Crippen LogP contribution >= 0.6 is 0 Å². The fourth-order valence-electron chi connectivity index (χ4n) is 2.42. The summed E-state index contributed by atoms with van der Waals surface area (Å²) < 4.78 is 5.91. The van der Waals surface area contributed by atoms with E-state index < -0.39 is 0 Å². The van der Waals surface area contributed by atoms with E-state index in [4.69, 9.17) is 4.74 Å². The SMILES string of the molecule is CC(C)c1ccc(COC2CCC(O)CC2)cc1. The van der Waals surface area contributed by atoms with Crippen molar-refractivity contribution >= 4 is 0 Å². The van der Waals surface area contributed by atoms with E-state index in [9.17, 15) is 5.11 Å². The lowest BCUT2D eigenvalue weighted by molar-refractivity contribution is -0.0118. The number of hydrogen-bond acceptors (Lipinski definition) is 2. The average molecular weight is 248 g/mol. The number of hydrogen-bond donors (Lipinski definition) is 1. The summed E-state index contributed by atoms with van der Waals surface area (Å²) >= 11 is 0. The van der Waals surface area contributed by atoms with E-state index in [0.29, 0.717) is 18.6 Å². The Kier molecular flexibility index (Phi) is 4.79. The summed E-state index contributed by atoms with van der Waals surface area (Å²) in [5.41, 5.74) is 2.62. The quantitative estimate of drug-likeness (QED) is 0.881. The molecule has 1 N–H and O–H groups in total. The van der Waals surface area contributed by atoms with Gasteiger partial charge in [0.05, 0.1) is 18.8 Å². The number of aliphatic hydroxyl groups excluding tert-OH is 1. The smallest absolute Gasteiger partial charge is 0.0720 e. The van der Waals surface area contributed by atoms with Crippen LogP contribution < -0.4 is 0 Å². The van der Waals surface area contributed by atoms with Crippen LogP contribution in [0, 0.1) is 0 Å². The van der Waals surface area contributed by atoms with Gasteiger partial charge in [-0.05, 0) is 42.7 Å². The Morgan fingerprint density at radius 1 is 1.11 bits per heavy atom. The fraction of sp³-hybridized carbons (Fsp3) is 0.625. The minimum Gasteiger partial charge on any atom is -0.393 e. The molecule has 0 atom stereocenters. The maximum absolute atomic E-state index is 9.44. The first-order valence-electron chi connectivity index (χ1n) is 7.03. The van der Waals surface area contributed by atoms with Crippen molar-refractivity contribution in [1.29, 1.82) is 0 Å². The zero-order chi connectivity index (χ0) is 13.0. The van der Waals surface area contributed by atoms with Crippen LogP contribution in [0.15, 0.2) is 24.3 Å². The van der Waals surface area contributed by atoms with E-state index in [1.165, 1.54) is 11.1 Å². The van der Waals surface area contributed by atoms with Crippen LogP contribution in [0.5, 0.6) is 0 Å². The molecule has 1 fully saturated rings. The van der Waals surface area contributed by atoms with E-state index in [1.807, 2.05) is 0 Å². The van der Waals surface area contributed by atoms with E-state index >= 15 is 0 Å². The van der Waals surface area contributed by atoms with Gasteiger partial charge in [-0.2, -0.15) is 0 Å². The summed E-state index contributed by atoms with van der Waals surface area (Å²) in [6.07, 6.45) is 3.98. The Bertz CT molecular complexity index is 348. The van der Waals surface area contributed by atoms with Crippen molar-refractivity contribution in [3.63, 3.8) is 0 Å². The lowest BCUT2D eigenvalue weighted by Gasteiger charge is -2.25. The molecular weight excluding hydrogens is 224 g/mol. The normalized spacial score (nSPS) is 24.4. The second-order valence-corrected chi connectivity index (χ2v) is 5.64. The molecule has 0 spiro atoms. The molecule has 1 aliphatic rings. The maximum Gasteiger partial charge on any atom is 0.0720 e. The second-order valence-electron chi connectivity index (χ2n) is 5.64. The molecule has 0 bridgehead atoms. The van der Waals surface area contributed by atoms with Crippen molar-refractivity contribution in [3.05, 3.63) is 35.4 Å². The zero-order valence-corrected chi connectivity index (χ0v) is 11.4. The molecule has 2 rings (SSSR count). The monoisotopic (exact) mass is 248 g/mol. The lowest BCUT2D eigenvalue weighted by Crippen LogP contribution is -2.24. The van der Waals surface area contributed by atoms with Crippen molar-refractivity contribution < 1.29 is 9.84 Å². The Morgan fingerprint density at radius 3 is 2.28 bits per heavy atom. The van der Waals surface area contributed by atoms with Gasteiger partial charge in [0.2, 0.25) is 0 Å². The van der Waals surface area contributed by atoms with Crippen LogP contribution in [-0.4, -0.2) is 17.3 Å². The maximum atomic E-state index is 9.44. The van der Waals surface area contributed by atoms with Gasteiger partial charge in [-0.25, -0.2) is 0 Å². The third-order valence-electron chi connectivity index (χ3n) is 3.78. The van der Waals surface area contributed by atoms with Crippen LogP contribution in [0.2, 0.25) is 0 Å². The zero-order valence-electron chi connectivity index (χ0n) is 11.4. The standard InChI is InChI=1S/C16H24O2/c1-12(2)14-5-3-13(4-6-14)11-18-16-9-7-15(17)8-10-16/h3-6,12,15-17H,7-11H2,1-2H3. The van der Waals surface area contributed by atoms with Crippen molar-refractivity contribution in [2.45, 2.75) is 64.3 Å². The van der Waals surface area contributed by atoms with Gasteiger partial charge in [-0.1, -0.05) is 38.1 Å². The minimum atomic E-state index is -0.102. The first-order chi connectivity index (χ1) is 8.65. The summed E-state index contributed by atoms with van der Waals surface area (Å²) in [5, 5.41) is 9.44. The molecule has 2 heteroatoms. The van der Waals surface area contributed by atoms with Crippen molar-refractivity contribution in [2.75, 3.05) is 0 Å². The molecule has 2 nitrogen and oxygen atoms in total. The van der Waals surface area contributed by atoms with Gasteiger partial charge in [-0.15, -0.1) is 0 Å². The topological polar surface area (TPSA) is 29.5 Å². The van der Waals surface area contributed by atoms with Gasteiger partial charge in [0, 0.05) is 0 Å². The average Bonchev–Trinajstić information content (AvgIpc) is 2.38. The molecular formula is C16H24O2. The molecule has 0 heterocycles. The summed E-state index contributed by atoms with van der Waals surface area (Å²) in [4.78, 5) is 0. The van der Waals surface area contributed by atoms with E-state index in [-0.39, 0.29) is 6.10 Å². The van der Waals surface area contributed by atoms with Gasteiger partial charge < -0.3 is 9.84 Å². The first kappa shape index (κ1) is 13.6. The van der Waals surface area contributed by atoms with Crippen LogP contribution in [0.4, 0.5) is 0 Å². The Labute approximate surface area is 110 Å². The molecule has 0 saturated heterocycles. The van der Waals surface area contributed by atoms with Gasteiger partial charge >= 0.3 is 0 Å². The summed E-state index contributed by atoms with van der Waals surface area (Å²) in [7, 11) is 0. The summed E-state index contributed by atoms with van der Waals surface area (Å²) in [6.45, 7) is 5.11. The predicted octanol–water partition coefficient (Wildman–Crippen LogP) is 3.63. The highest BCUT2D eigenvalue weighted by Gasteiger charge is 2.19. The van der Waals surface area contributed by atoms with Crippen molar-refractivity contribution in [1.82, 2.24) is 0 Å². The van der Waals surface area contributed by atoms with E-state index in [0.717, 1.165) is 25.7 Å². The fourth-order valence-corrected chi connectivity index (χ4v) is 2.42. The summed E-state index contributed by atoms with van der Waals surface area (Å²) in [5.74, 6) is 0.583. The Hall–Kier alpha value is -0.860. The number of benzene rings is 1. The largest absolute Gasteiger partial charge is 0.393 e. The molecule has 1 aromatic carbocycles. The van der Waals surface area contributed by atoms with E-state index in [1.54, 1.807) is 0 Å². The van der Waals surface area contributed by atoms with Crippen LogP contribution in [0.1, 0.15) is 56.6 Å². The molecule has 0 aromatic heterocycles. The second kappa shape index (κ2) is 6.35. The molecule has 0 radical (unpaired) electrons. The molecule has 0 unspecified atom stereocenters. The molecule has 1 aromatic rings.